The third kappa shape index (κ3) is 11.6. The van der Waals surface area contributed by atoms with E-state index in [9.17, 15) is 23.8 Å². The van der Waals surface area contributed by atoms with Gasteiger partial charge in [0, 0.05) is 52.4 Å². The van der Waals surface area contributed by atoms with Crippen LogP contribution < -0.4 is 0 Å². The molecule has 0 aromatic rings. The number of rotatable bonds is 9. The second kappa shape index (κ2) is 13.0. The van der Waals surface area contributed by atoms with E-state index >= 15 is 0 Å². The minimum atomic E-state index is -3.80. The average Bonchev–Trinajstić information content (AvgIpc) is 2.62. The molecule has 14 heteroatoms. The fourth-order valence-corrected chi connectivity index (χ4v) is 4.12. The molecule has 1 heterocycles. The predicted molar refractivity (Wildman–Crippen MR) is 106 cm³/mol. The summed E-state index contributed by atoms with van der Waals surface area (Å²) in [5.74, 6) is -3.13. The van der Waals surface area contributed by atoms with Gasteiger partial charge in [-0.05, 0) is 0 Å². The molecule has 5 N–H and O–H groups in total. The molecular formula is C16H31N4O9P. The van der Waals surface area contributed by atoms with Crippen molar-refractivity contribution in [2.45, 2.75) is 0 Å². The number of hydrogen-bond donors (Lipinski definition) is 5. The first kappa shape index (κ1) is 26.4. The van der Waals surface area contributed by atoms with E-state index in [0.29, 0.717) is 0 Å². The van der Waals surface area contributed by atoms with Crippen LogP contribution in [0.4, 0.5) is 0 Å². The standard InChI is InChI=1S/C16H31N4O9P/c21-13-30(28,29)12-20-7-5-18(10-15(24)25)3-1-17(9-14(22)23)2-4-19(6-8-20)11-16(26)27/h21H,1-13H2,(H,22,23)(H,24,25)(H,26,27)(H,28,29). The highest BCUT2D eigenvalue weighted by Crippen LogP contribution is 2.39. The van der Waals surface area contributed by atoms with Crippen LogP contribution >= 0.6 is 7.37 Å². The highest BCUT2D eigenvalue weighted by molar-refractivity contribution is 7.57. The smallest absolute Gasteiger partial charge is 0.317 e. The van der Waals surface area contributed by atoms with Crippen molar-refractivity contribution in [2.75, 3.05) is 84.6 Å². The Hall–Kier alpha value is -1.60. The van der Waals surface area contributed by atoms with Crippen molar-refractivity contribution in [2.24, 2.45) is 0 Å². The topological polar surface area (TPSA) is 182 Å². The maximum absolute atomic E-state index is 12.0. The van der Waals surface area contributed by atoms with Gasteiger partial charge >= 0.3 is 17.9 Å². The van der Waals surface area contributed by atoms with Gasteiger partial charge in [-0.3, -0.25) is 38.5 Å². The van der Waals surface area contributed by atoms with Crippen LogP contribution in [0.1, 0.15) is 0 Å². The van der Waals surface area contributed by atoms with Gasteiger partial charge in [-0.1, -0.05) is 0 Å². The Kier molecular flexibility index (Phi) is 11.4. The molecule has 0 spiro atoms. The lowest BCUT2D eigenvalue weighted by Crippen LogP contribution is -2.48. The number of nitrogens with zero attached hydrogens (tertiary/aromatic N) is 4. The molecule has 0 amide bonds. The lowest BCUT2D eigenvalue weighted by Gasteiger charge is -2.33. The Morgan fingerprint density at radius 2 is 0.900 bits per heavy atom. The number of aliphatic carboxylic acids is 3. The van der Waals surface area contributed by atoms with Gasteiger partial charge in [0.25, 0.3) is 0 Å². The van der Waals surface area contributed by atoms with Crippen LogP contribution in [0.5, 0.6) is 0 Å². The van der Waals surface area contributed by atoms with Crippen molar-refractivity contribution in [1.29, 1.82) is 0 Å². The number of carbonyl (C=O) groups is 3. The lowest BCUT2D eigenvalue weighted by atomic mass is 10.3. The molecule has 0 aromatic heterocycles. The molecule has 1 fully saturated rings. The molecule has 0 aromatic carbocycles. The van der Waals surface area contributed by atoms with E-state index in [0.717, 1.165) is 0 Å². The monoisotopic (exact) mass is 454 g/mol. The SMILES string of the molecule is O=C(O)CN1CCN(CC(=O)O)CCN(CP(=O)(O)CO)CCN(CC(=O)O)CC1. The van der Waals surface area contributed by atoms with E-state index < -0.39 is 31.6 Å². The van der Waals surface area contributed by atoms with Gasteiger partial charge in [0.1, 0.15) is 6.35 Å². The van der Waals surface area contributed by atoms with Crippen LogP contribution in [-0.2, 0) is 18.9 Å². The highest BCUT2D eigenvalue weighted by atomic mass is 31.2. The quantitative estimate of drug-likeness (QED) is 0.233. The Morgan fingerprint density at radius 1 is 0.633 bits per heavy atom. The molecule has 30 heavy (non-hydrogen) atoms. The number of hydrogen-bond acceptors (Lipinski definition) is 9. The van der Waals surface area contributed by atoms with E-state index in [-0.39, 0.29) is 78.3 Å². The van der Waals surface area contributed by atoms with E-state index in [1.165, 1.54) is 0 Å². The summed E-state index contributed by atoms with van der Waals surface area (Å²) in [5.41, 5.74) is 0. The maximum Gasteiger partial charge on any atom is 0.317 e. The molecule has 13 nitrogen and oxygen atoms in total. The minimum Gasteiger partial charge on any atom is -0.480 e. The number of carboxylic acids is 3. The lowest BCUT2D eigenvalue weighted by molar-refractivity contribution is -0.140. The molecule has 1 aliphatic rings. The maximum atomic E-state index is 12.0. The van der Waals surface area contributed by atoms with Gasteiger partial charge in [-0.2, -0.15) is 0 Å². The van der Waals surface area contributed by atoms with Crippen LogP contribution in [0.2, 0.25) is 0 Å². The van der Waals surface area contributed by atoms with Crippen molar-refractivity contribution < 1.29 is 44.3 Å². The fourth-order valence-electron chi connectivity index (χ4n) is 3.13. The predicted octanol–water partition coefficient (Wildman–Crippen LogP) is -2.36. The van der Waals surface area contributed by atoms with Gasteiger partial charge in [0.2, 0.25) is 7.37 Å². The van der Waals surface area contributed by atoms with Crippen LogP contribution in [0.3, 0.4) is 0 Å². The first-order chi connectivity index (χ1) is 14.0. The molecule has 0 radical (unpaired) electrons. The molecule has 0 bridgehead atoms. The van der Waals surface area contributed by atoms with E-state index in [2.05, 4.69) is 0 Å². The van der Waals surface area contributed by atoms with E-state index in [1.807, 2.05) is 0 Å². The van der Waals surface area contributed by atoms with Crippen molar-refractivity contribution in [3.63, 3.8) is 0 Å². The third-order valence-corrected chi connectivity index (χ3v) is 5.93. The second-order valence-corrected chi connectivity index (χ2v) is 9.52. The zero-order chi connectivity index (χ0) is 22.7. The summed E-state index contributed by atoms with van der Waals surface area (Å²) in [6, 6.07) is 0. The van der Waals surface area contributed by atoms with Gasteiger partial charge in [0.15, 0.2) is 0 Å². The molecule has 174 valence electrons. The summed E-state index contributed by atoms with van der Waals surface area (Å²) in [7, 11) is -3.80. The van der Waals surface area contributed by atoms with Crippen molar-refractivity contribution in [1.82, 2.24) is 19.6 Å². The van der Waals surface area contributed by atoms with Crippen molar-refractivity contribution in [3.8, 4) is 0 Å². The van der Waals surface area contributed by atoms with Gasteiger partial charge in [-0.15, -0.1) is 0 Å². The van der Waals surface area contributed by atoms with Gasteiger partial charge < -0.3 is 25.3 Å². The minimum absolute atomic E-state index is 0.234. The van der Waals surface area contributed by atoms with Crippen LogP contribution in [0.15, 0.2) is 0 Å². The molecule has 1 rings (SSSR count). The highest BCUT2D eigenvalue weighted by Gasteiger charge is 2.24. The van der Waals surface area contributed by atoms with Crippen molar-refractivity contribution >= 4 is 25.3 Å². The summed E-state index contributed by atoms with van der Waals surface area (Å²) < 4.78 is 12.0. The fraction of sp³-hybridized carbons (Fsp3) is 0.812. The Bertz CT molecular complexity index is 604. The summed E-state index contributed by atoms with van der Waals surface area (Å²) >= 11 is 0. The molecule has 1 atom stereocenters. The zero-order valence-electron chi connectivity index (χ0n) is 16.8. The first-order valence-electron chi connectivity index (χ1n) is 9.47. The largest absolute Gasteiger partial charge is 0.480 e. The Morgan fingerprint density at radius 3 is 1.13 bits per heavy atom. The van der Waals surface area contributed by atoms with E-state index in [4.69, 9.17) is 20.4 Å². The van der Waals surface area contributed by atoms with Gasteiger partial charge in [0.05, 0.1) is 25.9 Å². The molecular weight excluding hydrogens is 423 g/mol. The first-order valence-corrected chi connectivity index (χ1v) is 11.5. The third-order valence-electron chi connectivity index (χ3n) is 4.65. The summed E-state index contributed by atoms with van der Waals surface area (Å²) in [6.45, 7) is 1.26. The summed E-state index contributed by atoms with van der Waals surface area (Å²) in [5, 5.41) is 36.5. The van der Waals surface area contributed by atoms with E-state index in [1.54, 1.807) is 19.6 Å². The average molecular weight is 454 g/mol. The number of aliphatic hydroxyl groups excluding tert-OH is 1. The Labute approximate surface area is 174 Å². The van der Waals surface area contributed by atoms with Crippen LogP contribution in [0, 0.1) is 0 Å². The molecule has 1 saturated heterocycles. The van der Waals surface area contributed by atoms with Crippen molar-refractivity contribution in [3.05, 3.63) is 0 Å². The molecule has 0 aliphatic carbocycles. The second-order valence-electron chi connectivity index (χ2n) is 7.26. The van der Waals surface area contributed by atoms with Gasteiger partial charge in [-0.25, -0.2) is 0 Å². The summed E-state index contributed by atoms with van der Waals surface area (Å²) in [4.78, 5) is 49.7. The normalized spacial score (nSPS) is 21.3. The molecule has 1 aliphatic heterocycles. The molecule has 1 unspecified atom stereocenters. The Balaban J connectivity index is 2.98. The number of aliphatic hydroxyl groups is 1. The van der Waals surface area contributed by atoms with Crippen LogP contribution in [0.25, 0.3) is 0 Å². The summed E-state index contributed by atoms with van der Waals surface area (Å²) in [6.07, 6.45) is -1.18. The van der Waals surface area contributed by atoms with Crippen LogP contribution in [-0.4, -0.2) is 147 Å². The number of carboxylic acid groups (broad SMARTS) is 3. The molecule has 0 saturated carbocycles. The zero-order valence-corrected chi connectivity index (χ0v) is 17.7.